The van der Waals surface area contributed by atoms with Crippen molar-refractivity contribution in [3.63, 3.8) is 0 Å². The molecule has 2 amide bonds. The number of carbonyl (C=O) groups is 3. The van der Waals surface area contributed by atoms with Crippen molar-refractivity contribution in [2.24, 2.45) is 0 Å². The molecule has 0 aliphatic rings. The average molecular weight is 357 g/mol. The lowest BCUT2D eigenvalue weighted by atomic mass is 10.1. The first-order valence-corrected chi connectivity index (χ1v) is 9.13. The largest absolute Gasteiger partial charge is 0.347 e. The van der Waals surface area contributed by atoms with E-state index in [9.17, 15) is 14.4 Å². The maximum Gasteiger partial charge on any atom is 0.292 e. The topological polar surface area (TPSA) is 71.4 Å². The predicted molar refractivity (Wildman–Crippen MR) is 102 cm³/mol. The molecule has 0 radical (unpaired) electrons. The molecule has 2 rings (SSSR count). The van der Waals surface area contributed by atoms with Gasteiger partial charge < -0.3 is 14.8 Å². The SMILES string of the molecule is CCC(C)NC(=O)C(=O)c1cn(CC(=O)N(CC)CC)c2ccccc12. The Morgan fingerprint density at radius 1 is 1.12 bits per heavy atom. The van der Waals surface area contributed by atoms with Gasteiger partial charge in [-0.05, 0) is 33.3 Å². The van der Waals surface area contributed by atoms with Crippen molar-refractivity contribution in [1.82, 2.24) is 14.8 Å². The third-order valence-corrected chi connectivity index (χ3v) is 4.65. The minimum absolute atomic E-state index is 0.0150. The lowest BCUT2D eigenvalue weighted by Crippen LogP contribution is -2.37. The minimum Gasteiger partial charge on any atom is -0.347 e. The van der Waals surface area contributed by atoms with Crippen molar-refractivity contribution in [3.05, 3.63) is 36.0 Å². The van der Waals surface area contributed by atoms with E-state index in [0.717, 1.165) is 11.9 Å². The molecule has 2 aromatic rings. The van der Waals surface area contributed by atoms with E-state index >= 15 is 0 Å². The monoisotopic (exact) mass is 357 g/mol. The van der Waals surface area contributed by atoms with Gasteiger partial charge in [-0.3, -0.25) is 14.4 Å². The van der Waals surface area contributed by atoms with Crippen LogP contribution in [-0.4, -0.2) is 46.2 Å². The molecule has 140 valence electrons. The zero-order valence-corrected chi connectivity index (χ0v) is 15.9. The fourth-order valence-corrected chi connectivity index (χ4v) is 2.89. The van der Waals surface area contributed by atoms with Gasteiger partial charge in [-0.25, -0.2) is 0 Å². The Balaban J connectivity index is 2.36. The van der Waals surface area contributed by atoms with E-state index in [1.165, 1.54) is 0 Å². The number of aromatic nitrogens is 1. The Morgan fingerprint density at radius 3 is 2.38 bits per heavy atom. The lowest BCUT2D eigenvalue weighted by molar-refractivity contribution is -0.131. The summed E-state index contributed by atoms with van der Waals surface area (Å²) in [5.41, 5.74) is 1.10. The number of benzene rings is 1. The highest BCUT2D eigenvalue weighted by molar-refractivity contribution is 6.45. The van der Waals surface area contributed by atoms with E-state index in [0.29, 0.717) is 24.0 Å². The predicted octanol–water partition coefficient (Wildman–Crippen LogP) is 2.61. The summed E-state index contributed by atoms with van der Waals surface area (Å²) >= 11 is 0. The van der Waals surface area contributed by atoms with Crippen LogP contribution in [0.4, 0.5) is 0 Å². The van der Waals surface area contributed by atoms with Crippen LogP contribution in [-0.2, 0) is 16.1 Å². The molecule has 0 saturated carbocycles. The Morgan fingerprint density at radius 2 is 1.77 bits per heavy atom. The van der Waals surface area contributed by atoms with Crippen LogP contribution < -0.4 is 5.32 Å². The zero-order valence-electron chi connectivity index (χ0n) is 15.9. The van der Waals surface area contributed by atoms with Crippen LogP contribution in [0.5, 0.6) is 0 Å². The summed E-state index contributed by atoms with van der Waals surface area (Å²) in [6.45, 7) is 9.09. The Hall–Kier alpha value is -2.63. The van der Waals surface area contributed by atoms with Crippen molar-refractivity contribution in [2.75, 3.05) is 13.1 Å². The number of nitrogens with one attached hydrogen (secondary N) is 1. The number of hydrogen-bond donors (Lipinski definition) is 1. The standard InChI is InChI=1S/C20H27N3O3/c1-5-14(4)21-20(26)19(25)16-12-23(13-18(24)22(6-2)7-3)17-11-9-8-10-15(16)17/h8-12,14H,5-7,13H2,1-4H3,(H,21,26). The first-order valence-electron chi connectivity index (χ1n) is 9.13. The summed E-state index contributed by atoms with van der Waals surface area (Å²) < 4.78 is 1.75. The smallest absolute Gasteiger partial charge is 0.292 e. The summed E-state index contributed by atoms with van der Waals surface area (Å²) in [6.07, 6.45) is 2.36. The van der Waals surface area contributed by atoms with E-state index in [1.54, 1.807) is 21.7 Å². The molecule has 1 aromatic heterocycles. The van der Waals surface area contributed by atoms with Crippen molar-refractivity contribution in [1.29, 1.82) is 0 Å². The second-order valence-electron chi connectivity index (χ2n) is 6.37. The van der Waals surface area contributed by atoms with Gasteiger partial charge in [-0.1, -0.05) is 25.1 Å². The highest BCUT2D eigenvalue weighted by Gasteiger charge is 2.23. The van der Waals surface area contributed by atoms with Gasteiger partial charge in [-0.15, -0.1) is 0 Å². The van der Waals surface area contributed by atoms with Gasteiger partial charge in [0.15, 0.2) is 0 Å². The lowest BCUT2D eigenvalue weighted by Gasteiger charge is -2.19. The molecule has 1 unspecified atom stereocenters. The molecular formula is C20H27N3O3. The molecule has 1 heterocycles. The Kier molecular flexibility index (Phi) is 6.55. The molecule has 0 aliphatic heterocycles. The molecule has 6 nitrogen and oxygen atoms in total. The van der Waals surface area contributed by atoms with Crippen molar-refractivity contribution in [3.8, 4) is 0 Å². The molecule has 0 fully saturated rings. The van der Waals surface area contributed by atoms with Gasteiger partial charge in [0.05, 0.1) is 5.56 Å². The molecule has 0 aliphatic carbocycles. The number of likely N-dealkylation sites (N-methyl/N-ethyl adjacent to an activating group) is 1. The van der Waals surface area contributed by atoms with Crippen LogP contribution >= 0.6 is 0 Å². The third kappa shape index (κ3) is 4.12. The maximum absolute atomic E-state index is 12.6. The molecule has 1 atom stereocenters. The van der Waals surface area contributed by atoms with Crippen LogP contribution in [0, 0.1) is 0 Å². The number of carbonyl (C=O) groups excluding carboxylic acids is 3. The van der Waals surface area contributed by atoms with Gasteiger partial charge in [0.2, 0.25) is 5.91 Å². The number of amides is 2. The summed E-state index contributed by atoms with van der Waals surface area (Å²) in [5.74, 6) is -1.20. The molecule has 6 heteroatoms. The Labute approximate surface area is 154 Å². The third-order valence-electron chi connectivity index (χ3n) is 4.65. The van der Waals surface area contributed by atoms with Gasteiger partial charge in [0, 0.05) is 36.2 Å². The quantitative estimate of drug-likeness (QED) is 0.583. The second kappa shape index (κ2) is 8.65. The minimum atomic E-state index is -0.614. The van der Waals surface area contributed by atoms with E-state index < -0.39 is 11.7 Å². The van der Waals surface area contributed by atoms with Crippen LogP contribution in [0.1, 0.15) is 44.5 Å². The van der Waals surface area contributed by atoms with Crippen molar-refractivity contribution in [2.45, 2.75) is 46.7 Å². The summed E-state index contributed by atoms with van der Waals surface area (Å²) in [7, 11) is 0. The number of para-hydroxylation sites is 1. The first-order chi connectivity index (χ1) is 12.4. The summed E-state index contributed by atoms with van der Waals surface area (Å²) in [6, 6.07) is 7.27. The molecule has 0 spiro atoms. The molecule has 1 aromatic carbocycles. The number of fused-ring (bicyclic) bond motifs is 1. The Bertz CT molecular complexity index is 806. The van der Waals surface area contributed by atoms with Crippen molar-refractivity contribution >= 4 is 28.5 Å². The zero-order chi connectivity index (χ0) is 19.3. The van der Waals surface area contributed by atoms with Crippen LogP contribution in [0.2, 0.25) is 0 Å². The summed E-state index contributed by atoms with van der Waals surface area (Å²) in [5, 5.41) is 3.39. The van der Waals surface area contributed by atoms with Crippen molar-refractivity contribution < 1.29 is 14.4 Å². The number of hydrogen-bond acceptors (Lipinski definition) is 3. The first kappa shape index (κ1) is 19.7. The molecule has 0 saturated heterocycles. The second-order valence-corrected chi connectivity index (χ2v) is 6.37. The van der Waals surface area contributed by atoms with Crippen LogP contribution in [0.25, 0.3) is 10.9 Å². The molecule has 1 N–H and O–H groups in total. The summed E-state index contributed by atoms with van der Waals surface area (Å²) in [4.78, 5) is 39.1. The van der Waals surface area contributed by atoms with Gasteiger partial charge in [0.25, 0.3) is 11.7 Å². The van der Waals surface area contributed by atoms with Gasteiger partial charge >= 0.3 is 0 Å². The normalized spacial score (nSPS) is 12.0. The molecule has 0 bridgehead atoms. The van der Waals surface area contributed by atoms with Crippen LogP contribution in [0.3, 0.4) is 0 Å². The molecular weight excluding hydrogens is 330 g/mol. The van der Waals surface area contributed by atoms with Gasteiger partial charge in [0.1, 0.15) is 6.54 Å². The number of rotatable bonds is 8. The average Bonchev–Trinajstić information content (AvgIpc) is 3.00. The van der Waals surface area contributed by atoms with E-state index in [-0.39, 0.29) is 18.5 Å². The fraction of sp³-hybridized carbons (Fsp3) is 0.450. The highest BCUT2D eigenvalue weighted by Crippen LogP contribution is 2.22. The van der Waals surface area contributed by atoms with E-state index in [1.807, 2.05) is 45.9 Å². The highest BCUT2D eigenvalue weighted by atomic mass is 16.2. The fourth-order valence-electron chi connectivity index (χ4n) is 2.89. The number of Topliss-reactive ketones (excluding diaryl/α,β-unsaturated/α-hetero) is 1. The van der Waals surface area contributed by atoms with Crippen LogP contribution in [0.15, 0.2) is 30.5 Å². The number of ketones is 1. The van der Waals surface area contributed by atoms with Gasteiger partial charge in [-0.2, -0.15) is 0 Å². The maximum atomic E-state index is 12.6. The van der Waals surface area contributed by atoms with E-state index in [4.69, 9.17) is 0 Å². The van der Waals surface area contributed by atoms with E-state index in [2.05, 4.69) is 5.32 Å². The molecule has 26 heavy (non-hydrogen) atoms. The number of nitrogens with zero attached hydrogens (tertiary/aromatic N) is 2.